The van der Waals surface area contributed by atoms with E-state index in [1.807, 2.05) is 0 Å². The smallest absolute Gasteiger partial charge is 0.313 e. The maximum Gasteiger partial charge on any atom is 0.313 e. The molecule has 0 radical (unpaired) electrons. The van der Waals surface area contributed by atoms with Crippen molar-refractivity contribution in [3.8, 4) is 0 Å². The lowest BCUT2D eigenvalue weighted by molar-refractivity contribution is -0.136. The highest BCUT2D eigenvalue weighted by molar-refractivity contribution is 6.39. The molecule has 6 heteroatoms. The molecule has 2 rings (SSSR count). The van der Waals surface area contributed by atoms with Crippen LogP contribution in [0.5, 0.6) is 0 Å². The zero-order chi connectivity index (χ0) is 12.8. The van der Waals surface area contributed by atoms with E-state index >= 15 is 0 Å². The maximum absolute atomic E-state index is 11.5. The quantitative estimate of drug-likeness (QED) is 0.756. The van der Waals surface area contributed by atoms with Crippen molar-refractivity contribution in [2.45, 2.75) is 18.9 Å². The molecule has 0 spiro atoms. The Hall–Kier alpha value is -1.95. The molecule has 18 heavy (non-hydrogen) atoms. The molecule has 1 aliphatic heterocycles. The number of hydrogen-bond donors (Lipinski definition) is 2. The molecule has 1 aromatic heterocycles. The fourth-order valence-corrected chi connectivity index (χ4v) is 1.72. The Bertz CT molecular complexity index is 416. The fraction of sp³-hybridized carbons (Fsp3) is 0.417. The number of pyridine rings is 1. The number of carbonyl (C=O) groups excluding carboxylic acids is 2. The second-order valence-corrected chi connectivity index (χ2v) is 4.04. The van der Waals surface area contributed by atoms with Gasteiger partial charge in [-0.15, -0.1) is 0 Å². The molecule has 1 aliphatic rings. The summed E-state index contributed by atoms with van der Waals surface area (Å²) in [6.45, 7) is 1.10. The van der Waals surface area contributed by atoms with Gasteiger partial charge in [-0.3, -0.25) is 14.6 Å². The summed E-state index contributed by atoms with van der Waals surface area (Å²) in [5, 5.41) is 5.04. The van der Waals surface area contributed by atoms with Crippen LogP contribution in [-0.2, 0) is 14.3 Å². The van der Waals surface area contributed by atoms with Crippen LogP contribution in [0.25, 0.3) is 0 Å². The van der Waals surface area contributed by atoms with E-state index in [1.54, 1.807) is 24.5 Å². The highest BCUT2D eigenvalue weighted by Gasteiger charge is 2.19. The Kier molecular flexibility index (Phi) is 4.25. The molecule has 96 valence electrons. The van der Waals surface area contributed by atoms with Crippen molar-refractivity contribution in [1.82, 2.24) is 10.3 Å². The molecule has 1 saturated heterocycles. The number of nitrogens with one attached hydrogen (secondary N) is 2. The summed E-state index contributed by atoms with van der Waals surface area (Å²) < 4.78 is 5.35. The molecule has 0 saturated carbocycles. The average Bonchev–Trinajstić information content (AvgIpc) is 2.90. The van der Waals surface area contributed by atoms with Crippen LogP contribution < -0.4 is 10.6 Å². The number of nitrogens with zero attached hydrogens (tertiary/aromatic N) is 1. The Morgan fingerprint density at radius 3 is 2.78 bits per heavy atom. The first-order chi connectivity index (χ1) is 8.75. The molecule has 0 aliphatic carbocycles. The molecule has 2 amide bonds. The van der Waals surface area contributed by atoms with E-state index in [0.29, 0.717) is 12.2 Å². The Balaban J connectivity index is 1.76. The van der Waals surface area contributed by atoms with Crippen LogP contribution in [0.15, 0.2) is 24.5 Å². The van der Waals surface area contributed by atoms with Gasteiger partial charge in [0.05, 0.1) is 6.10 Å². The third-order valence-electron chi connectivity index (χ3n) is 2.66. The Morgan fingerprint density at radius 2 is 2.11 bits per heavy atom. The molecular weight excluding hydrogens is 234 g/mol. The van der Waals surface area contributed by atoms with Crippen molar-refractivity contribution in [3.05, 3.63) is 24.5 Å². The van der Waals surface area contributed by atoms with E-state index in [-0.39, 0.29) is 6.10 Å². The molecule has 0 bridgehead atoms. The van der Waals surface area contributed by atoms with Crippen molar-refractivity contribution in [3.63, 3.8) is 0 Å². The lowest BCUT2D eigenvalue weighted by Crippen LogP contribution is -2.39. The molecular formula is C12H15N3O3. The summed E-state index contributed by atoms with van der Waals surface area (Å²) in [6, 6.07) is 3.23. The highest BCUT2D eigenvalue weighted by Crippen LogP contribution is 2.10. The predicted molar refractivity (Wildman–Crippen MR) is 64.9 cm³/mol. The van der Waals surface area contributed by atoms with Gasteiger partial charge in [-0.1, -0.05) is 0 Å². The molecule has 1 aromatic rings. The minimum Gasteiger partial charge on any atom is -0.376 e. The minimum atomic E-state index is -0.681. The third kappa shape index (κ3) is 3.53. The number of amides is 2. The summed E-state index contributed by atoms with van der Waals surface area (Å²) in [7, 11) is 0. The zero-order valence-electron chi connectivity index (χ0n) is 9.89. The summed E-state index contributed by atoms with van der Waals surface area (Å²) in [4.78, 5) is 26.9. The van der Waals surface area contributed by atoms with Crippen LogP contribution in [0.1, 0.15) is 12.8 Å². The number of rotatable bonds is 3. The van der Waals surface area contributed by atoms with Gasteiger partial charge in [-0.2, -0.15) is 0 Å². The zero-order valence-corrected chi connectivity index (χ0v) is 9.89. The Labute approximate surface area is 105 Å². The topological polar surface area (TPSA) is 80.3 Å². The van der Waals surface area contributed by atoms with Crippen molar-refractivity contribution in [1.29, 1.82) is 0 Å². The molecule has 2 heterocycles. The number of carbonyl (C=O) groups is 2. The summed E-state index contributed by atoms with van der Waals surface area (Å²) in [5.74, 6) is -1.33. The maximum atomic E-state index is 11.5. The number of ether oxygens (including phenoxy) is 1. The minimum absolute atomic E-state index is 0.0303. The van der Waals surface area contributed by atoms with Crippen LogP contribution in [0.4, 0.5) is 5.69 Å². The first-order valence-electron chi connectivity index (χ1n) is 5.86. The van der Waals surface area contributed by atoms with Crippen molar-refractivity contribution in [2.24, 2.45) is 0 Å². The van der Waals surface area contributed by atoms with Gasteiger partial charge in [0, 0.05) is 31.2 Å². The van der Waals surface area contributed by atoms with E-state index in [9.17, 15) is 9.59 Å². The van der Waals surface area contributed by atoms with E-state index in [1.165, 1.54) is 0 Å². The molecule has 0 aromatic carbocycles. The van der Waals surface area contributed by atoms with Gasteiger partial charge in [0.15, 0.2) is 0 Å². The van der Waals surface area contributed by atoms with E-state index < -0.39 is 11.8 Å². The summed E-state index contributed by atoms with van der Waals surface area (Å²) in [5.41, 5.74) is 0.544. The van der Waals surface area contributed by atoms with Gasteiger partial charge >= 0.3 is 11.8 Å². The number of hydrogen-bond acceptors (Lipinski definition) is 4. The number of aromatic nitrogens is 1. The van der Waals surface area contributed by atoms with Gasteiger partial charge in [0.1, 0.15) is 0 Å². The first kappa shape index (κ1) is 12.5. The standard InChI is InChI=1S/C12H15N3O3/c16-11(14-8-10-2-1-7-18-10)12(17)15-9-3-5-13-6-4-9/h3-6,10H,1-2,7-8H2,(H,14,16)(H,13,15,17)/t10-/m0/s1. The first-order valence-corrected chi connectivity index (χ1v) is 5.86. The van der Waals surface area contributed by atoms with Crippen LogP contribution >= 0.6 is 0 Å². The number of anilines is 1. The second kappa shape index (κ2) is 6.11. The normalized spacial score (nSPS) is 18.3. The largest absolute Gasteiger partial charge is 0.376 e. The van der Waals surface area contributed by atoms with Gasteiger partial charge in [-0.25, -0.2) is 0 Å². The monoisotopic (exact) mass is 249 g/mol. The van der Waals surface area contributed by atoms with Crippen molar-refractivity contribution in [2.75, 3.05) is 18.5 Å². The van der Waals surface area contributed by atoms with E-state index in [2.05, 4.69) is 15.6 Å². The fourth-order valence-electron chi connectivity index (χ4n) is 1.72. The summed E-state index contributed by atoms with van der Waals surface area (Å²) in [6.07, 6.45) is 5.04. The lowest BCUT2D eigenvalue weighted by Gasteiger charge is -2.10. The van der Waals surface area contributed by atoms with Crippen LogP contribution in [0, 0.1) is 0 Å². The van der Waals surface area contributed by atoms with Gasteiger partial charge < -0.3 is 15.4 Å². The van der Waals surface area contributed by atoms with Gasteiger partial charge in [0.2, 0.25) is 0 Å². The second-order valence-electron chi connectivity index (χ2n) is 4.04. The SMILES string of the molecule is O=C(NC[C@@H]1CCCO1)C(=O)Nc1ccncc1. The molecule has 1 fully saturated rings. The van der Waals surface area contributed by atoms with Gasteiger partial charge in [-0.05, 0) is 25.0 Å². The van der Waals surface area contributed by atoms with Crippen LogP contribution in [0.2, 0.25) is 0 Å². The lowest BCUT2D eigenvalue weighted by atomic mass is 10.2. The van der Waals surface area contributed by atoms with E-state index in [0.717, 1.165) is 19.4 Å². The predicted octanol–water partition coefficient (Wildman–Crippen LogP) is 0.315. The molecule has 1 atom stereocenters. The summed E-state index contributed by atoms with van der Waals surface area (Å²) >= 11 is 0. The van der Waals surface area contributed by atoms with Crippen molar-refractivity contribution < 1.29 is 14.3 Å². The third-order valence-corrected chi connectivity index (χ3v) is 2.66. The average molecular weight is 249 g/mol. The van der Waals surface area contributed by atoms with Crippen molar-refractivity contribution >= 4 is 17.5 Å². The molecule has 0 unspecified atom stereocenters. The molecule has 2 N–H and O–H groups in total. The van der Waals surface area contributed by atoms with Crippen LogP contribution in [-0.4, -0.2) is 36.1 Å². The van der Waals surface area contributed by atoms with E-state index in [4.69, 9.17) is 4.74 Å². The van der Waals surface area contributed by atoms with Gasteiger partial charge in [0.25, 0.3) is 0 Å². The highest BCUT2D eigenvalue weighted by atomic mass is 16.5. The van der Waals surface area contributed by atoms with Crippen LogP contribution in [0.3, 0.4) is 0 Å². The molecule has 6 nitrogen and oxygen atoms in total. The Morgan fingerprint density at radius 1 is 1.33 bits per heavy atom.